The number of rotatable bonds is 7. The molecule has 0 radical (unpaired) electrons. The van der Waals surface area contributed by atoms with Crippen LogP contribution in [0.2, 0.25) is 0 Å². The van der Waals surface area contributed by atoms with Crippen LogP contribution in [0.1, 0.15) is 49.7 Å². The fourth-order valence-corrected chi connectivity index (χ4v) is 2.49. The van der Waals surface area contributed by atoms with Gasteiger partial charge >= 0.3 is 0 Å². The molecule has 20 heavy (non-hydrogen) atoms. The standard InChI is InChI=1S/C15H25N5/c1-5-15(6-2)19-8-7-14(18-19)11-20-12(3)13(9-16-4)10-17-20/h7-8,10,15-16H,5-6,9,11H2,1-4H3. The van der Waals surface area contributed by atoms with Gasteiger partial charge in [0.05, 0.1) is 24.5 Å². The van der Waals surface area contributed by atoms with E-state index in [0.717, 1.165) is 31.6 Å². The molecule has 0 aromatic carbocycles. The molecule has 0 bridgehead atoms. The fourth-order valence-electron chi connectivity index (χ4n) is 2.49. The summed E-state index contributed by atoms with van der Waals surface area (Å²) in [5.41, 5.74) is 3.52. The lowest BCUT2D eigenvalue weighted by molar-refractivity contribution is 0.423. The topological polar surface area (TPSA) is 47.7 Å². The quantitative estimate of drug-likeness (QED) is 0.844. The zero-order valence-corrected chi connectivity index (χ0v) is 12.9. The first-order chi connectivity index (χ1) is 9.69. The fraction of sp³-hybridized carbons (Fsp3) is 0.600. The van der Waals surface area contributed by atoms with Gasteiger partial charge in [-0.1, -0.05) is 13.8 Å². The van der Waals surface area contributed by atoms with Crippen LogP contribution in [0.15, 0.2) is 18.5 Å². The summed E-state index contributed by atoms with van der Waals surface area (Å²) in [7, 11) is 1.95. The SMILES string of the molecule is CCC(CC)n1ccc(Cn2ncc(CNC)c2C)n1. The van der Waals surface area contributed by atoms with Gasteiger partial charge in [0.25, 0.3) is 0 Å². The highest BCUT2D eigenvalue weighted by Gasteiger charge is 2.10. The van der Waals surface area contributed by atoms with Crippen molar-refractivity contribution in [3.05, 3.63) is 35.4 Å². The summed E-state index contributed by atoms with van der Waals surface area (Å²) in [6.45, 7) is 8.11. The van der Waals surface area contributed by atoms with E-state index in [9.17, 15) is 0 Å². The van der Waals surface area contributed by atoms with E-state index < -0.39 is 0 Å². The van der Waals surface area contributed by atoms with Crippen molar-refractivity contribution in [3.63, 3.8) is 0 Å². The average molecular weight is 275 g/mol. The Balaban J connectivity index is 2.10. The smallest absolute Gasteiger partial charge is 0.0852 e. The molecule has 0 aliphatic rings. The third-order valence-corrected chi connectivity index (χ3v) is 3.86. The van der Waals surface area contributed by atoms with Gasteiger partial charge in [-0.2, -0.15) is 10.2 Å². The highest BCUT2D eigenvalue weighted by atomic mass is 15.3. The molecule has 0 unspecified atom stereocenters. The van der Waals surface area contributed by atoms with Gasteiger partial charge in [0, 0.05) is 24.0 Å². The van der Waals surface area contributed by atoms with Crippen LogP contribution in [-0.4, -0.2) is 26.6 Å². The third-order valence-electron chi connectivity index (χ3n) is 3.86. The van der Waals surface area contributed by atoms with Crippen molar-refractivity contribution in [1.29, 1.82) is 0 Å². The second-order valence-electron chi connectivity index (χ2n) is 5.20. The van der Waals surface area contributed by atoms with E-state index in [2.05, 4.69) is 53.2 Å². The Bertz CT molecular complexity index is 536. The van der Waals surface area contributed by atoms with Gasteiger partial charge in [0.1, 0.15) is 0 Å². The van der Waals surface area contributed by atoms with Crippen molar-refractivity contribution in [2.45, 2.75) is 52.7 Å². The molecule has 5 nitrogen and oxygen atoms in total. The van der Waals surface area contributed by atoms with Crippen LogP contribution in [0.4, 0.5) is 0 Å². The van der Waals surface area contributed by atoms with Crippen molar-refractivity contribution in [2.75, 3.05) is 7.05 Å². The largest absolute Gasteiger partial charge is 0.316 e. The molecule has 2 aromatic heterocycles. The Morgan fingerprint density at radius 1 is 1.30 bits per heavy atom. The van der Waals surface area contributed by atoms with Gasteiger partial charge in [-0.05, 0) is 32.9 Å². The van der Waals surface area contributed by atoms with E-state index in [4.69, 9.17) is 0 Å². The minimum Gasteiger partial charge on any atom is -0.316 e. The summed E-state index contributed by atoms with van der Waals surface area (Å²) >= 11 is 0. The first-order valence-electron chi connectivity index (χ1n) is 7.39. The zero-order valence-electron chi connectivity index (χ0n) is 12.9. The van der Waals surface area contributed by atoms with Crippen molar-refractivity contribution in [1.82, 2.24) is 24.9 Å². The predicted molar refractivity (Wildman–Crippen MR) is 80.7 cm³/mol. The van der Waals surface area contributed by atoms with Gasteiger partial charge in [0.15, 0.2) is 0 Å². The van der Waals surface area contributed by atoms with Crippen molar-refractivity contribution < 1.29 is 0 Å². The van der Waals surface area contributed by atoms with Crippen LogP contribution in [0.5, 0.6) is 0 Å². The Kier molecular flexibility index (Phi) is 4.95. The summed E-state index contributed by atoms with van der Waals surface area (Å²) < 4.78 is 4.11. The summed E-state index contributed by atoms with van der Waals surface area (Å²) in [6, 6.07) is 2.60. The van der Waals surface area contributed by atoms with Crippen molar-refractivity contribution in [2.24, 2.45) is 0 Å². The van der Waals surface area contributed by atoms with Crippen molar-refractivity contribution in [3.8, 4) is 0 Å². The second-order valence-corrected chi connectivity index (χ2v) is 5.20. The van der Waals surface area contributed by atoms with Crippen LogP contribution in [0.25, 0.3) is 0 Å². The van der Waals surface area contributed by atoms with Crippen LogP contribution in [0.3, 0.4) is 0 Å². The third kappa shape index (κ3) is 3.10. The molecule has 0 aliphatic heterocycles. The van der Waals surface area contributed by atoms with Crippen LogP contribution < -0.4 is 5.32 Å². The van der Waals surface area contributed by atoms with Gasteiger partial charge in [0.2, 0.25) is 0 Å². The first-order valence-corrected chi connectivity index (χ1v) is 7.39. The molecular formula is C15H25N5. The molecule has 1 N–H and O–H groups in total. The molecule has 5 heteroatoms. The molecular weight excluding hydrogens is 250 g/mol. The van der Waals surface area contributed by atoms with Crippen LogP contribution >= 0.6 is 0 Å². The first kappa shape index (κ1) is 14.8. The number of hydrogen-bond donors (Lipinski definition) is 1. The summed E-state index contributed by atoms with van der Waals surface area (Å²) in [6.07, 6.45) is 6.25. The number of nitrogens with zero attached hydrogens (tertiary/aromatic N) is 4. The maximum absolute atomic E-state index is 4.68. The monoisotopic (exact) mass is 275 g/mol. The number of aromatic nitrogens is 4. The van der Waals surface area contributed by atoms with Gasteiger partial charge < -0.3 is 5.32 Å². The normalized spacial score (nSPS) is 11.4. The van der Waals surface area contributed by atoms with Crippen LogP contribution in [0, 0.1) is 6.92 Å². The predicted octanol–water partition coefficient (Wildman–Crippen LogP) is 2.52. The highest BCUT2D eigenvalue weighted by Crippen LogP contribution is 2.15. The van der Waals surface area contributed by atoms with E-state index in [-0.39, 0.29) is 0 Å². The number of hydrogen-bond acceptors (Lipinski definition) is 3. The van der Waals surface area contributed by atoms with Crippen LogP contribution in [-0.2, 0) is 13.1 Å². The molecule has 0 saturated carbocycles. The zero-order chi connectivity index (χ0) is 14.5. The molecule has 0 aliphatic carbocycles. The lowest BCUT2D eigenvalue weighted by Gasteiger charge is -2.12. The van der Waals surface area contributed by atoms with E-state index in [1.807, 2.05) is 17.9 Å². The molecule has 0 saturated heterocycles. The molecule has 0 fully saturated rings. The minimum absolute atomic E-state index is 0.502. The number of nitrogens with one attached hydrogen (secondary N) is 1. The molecule has 2 aromatic rings. The molecule has 0 amide bonds. The maximum Gasteiger partial charge on any atom is 0.0852 e. The Morgan fingerprint density at radius 3 is 2.70 bits per heavy atom. The lowest BCUT2D eigenvalue weighted by atomic mass is 10.2. The molecule has 2 rings (SSSR count). The van der Waals surface area contributed by atoms with E-state index in [1.54, 1.807) is 0 Å². The van der Waals surface area contributed by atoms with Crippen molar-refractivity contribution >= 4 is 0 Å². The highest BCUT2D eigenvalue weighted by molar-refractivity contribution is 5.17. The molecule has 0 atom stereocenters. The Labute approximate surface area is 121 Å². The van der Waals surface area contributed by atoms with Gasteiger partial charge in [-0.25, -0.2) is 0 Å². The molecule has 110 valence electrons. The molecule has 0 spiro atoms. The van der Waals surface area contributed by atoms with E-state index >= 15 is 0 Å². The lowest BCUT2D eigenvalue weighted by Crippen LogP contribution is -2.10. The van der Waals surface area contributed by atoms with Gasteiger partial charge in [-0.3, -0.25) is 9.36 Å². The Morgan fingerprint density at radius 2 is 2.05 bits per heavy atom. The van der Waals surface area contributed by atoms with E-state index in [0.29, 0.717) is 6.04 Å². The van der Waals surface area contributed by atoms with Gasteiger partial charge in [-0.15, -0.1) is 0 Å². The summed E-state index contributed by atoms with van der Waals surface area (Å²) in [4.78, 5) is 0. The van der Waals surface area contributed by atoms with E-state index in [1.165, 1.54) is 11.3 Å². The Hall–Kier alpha value is -1.62. The summed E-state index contributed by atoms with van der Waals surface area (Å²) in [5.74, 6) is 0. The molecule has 2 heterocycles. The minimum atomic E-state index is 0.502. The second kappa shape index (κ2) is 6.70. The summed E-state index contributed by atoms with van der Waals surface area (Å²) in [5, 5.41) is 12.3. The maximum atomic E-state index is 4.68. The average Bonchev–Trinajstić information content (AvgIpc) is 3.03.